The second-order valence-electron chi connectivity index (χ2n) is 4.45. The molecule has 1 nitrogen and oxygen atoms in total. The lowest BCUT2D eigenvalue weighted by Crippen LogP contribution is -2.06. The van der Waals surface area contributed by atoms with Gasteiger partial charge in [-0.3, -0.25) is 0 Å². The van der Waals surface area contributed by atoms with Gasteiger partial charge in [0, 0.05) is 0 Å². The zero-order valence-corrected chi connectivity index (χ0v) is 11.1. The summed E-state index contributed by atoms with van der Waals surface area (Å²) >= 11 is 0. The van der Waals surface area contributed by atoms with Crippen LogP contribution in [0.25, 0.3) is 0 Å². The van der Waals surface area contributed by atoms with Gasteiger partial charge in [0.25, 0.3) is 0 Å². The number of hydrogen-bond donors (Lipinski definition) is 0. The molecule has 0 N–H and O–H groups in total. The third-order valence-electron chi connectivity index (χ3n) is 3.00. The van der Waals surface area contributed by atoms with Crippen molar-refractivity contribution in [3.05, 3.63) is 65.2 Å². The van der Waals surface area contributed by atoms with Gasteiger partial charge in [-0.15, -0.1) is 0 Å². The van der Waals surface area contributed by atoms with Crippen molar-refractivity contribution in [2.45, 2.75) is 26.1 Å². The summed E-state index contributed by atoms with van der Waals surface area (Å²) in [4.78, 5) is 0. The summed E-state index contributed by atoms with van der Waals surface area (Å²) in [5.74, 6) is 0.715. The third-order valence-corrected chi connectivity index (χ3v) is 3.00. The molecular formula is C16H15F3O. The highest BCUT2D eigenvalue weighted by molar-refractivity contribution is 5.33. The van der Waals surface area contributed by atoms with Crippen molar-refractivity contribution >= 4 is 0 Å². The van der Waals surface area contributed by atoms with Crippen LogP contribution in [-0.4, -0.2) is 0 Å². The van der Waals surface area contributed by atoms with E-state index in [2.05, 4.69) is 0 Å². The molecular weight excluding hydrogens is 265 g/mol. The number of alkyl halides is 3. The Hall–Kier alpha value is -1.97. The van der Waals surface area contributed by atoms with E-state index in [0.29, 0.717) is 11.3 Å². The molecule has 2 aromatic carbocycles. The highest BCUT2D eigenvalue weighted by Crippen LogP contribution is 2.30. The van der Waals surface area contributed by atoms with Crippen LogP contribution in [0.15, 0.2) is 48.5 Å². The van der Waals surface area contributed by atoms with Crippen molar-refractivity contribution in [2.75, 3.05) is 0 Å². The summed E-state index contributed by atoms with van der Waals surface area (Å²) in [5.41, 5.74) is 0.896. The Labute approximate surface area is 116 Å². The molecule has 0 atom stereocenters. The minimum Gasteiger partial charge on any atom is -0.489 e. The summed E-state index contributed by atoms with van der Waals surface area (Å²) in [6.45, 7) is 2.13. The van der Waals surface area contributed by atoms with Crippen LogP contribution in [0.5, 0.6) is 5.75 Å². The molecule has 0 amide bonds. The molecule has 0 fully saturated rings. The molecule has 106 valence electrons. The Balaban J connectivity index is 2.11. The first-order valence-corrected chi connectivity index (χ1v) is 6.37. The largest absolute Gasteiger partial charge is 0.489 e. The molecule has 20 heavy (non-hydrogen) atoms. The Kier molecular flexibility index (Phi) is 4.32. The lowest BCUT2D eigenvalue weighted by molar-refractivity contribution is -0.137. The first-order valence-electron chi connectivity index (χ1n) is 6.37. The standard InChI is InChI=1S/C16H15F3O/c1-2-13-7-3-4-9-15(13)20-11-12-6-5-8-14(10-12)16(17,18)19/h3-10H,2,11H2,1H3. The van der Waals surface area contributed by atoms with Gasteiger partial charge in [-0.05, 0) is 35.7 Å². The van der Waals surface area contributed by atoms with Crippen LogP contribution < -0.4 is 4.74 Å². The zero-order chi connectivity index (χ0) is 14.6. The van der Waals surface area contributed by atoms with Crippen LogP contribution >= 0.6 is 0 Å². The van der Waals surface area contributed by atoms with E-state index in [1.165, 1.54) is 6.07 Å². The van der Waals surface area contributed by atoms with Crippen molar-refractivity contribution < 1.29 is 17.9 Å². The van der Waals surface area contributed by atoms with E-state index in [4.69, 9.17) is 4.74 Å². The Morgan fingerprint density at radius 1 is 1.00 bits per heavy atom. The van der Waals surface area contributed by atoms with Crippen molar-refractivity contribution in [1.82, 2.24) is 0 Å². The molecule has 0 heterocycles. The highest BCUT2D eigenvalue weighted by Gasteiger charge is 2.30. The van der Waals surface area contributed by atoms with E-state index in [0.717, 1.165) is 24.1 Å². The zero-order valence-electron chi connectivity index (χ0n) is 11.1. The smallest absolute Gasteiger partial charge is 0.416 e. The van der Waals surface area contributed by atoms with E-state index in [9.17, 15) is 13.2 Å². The number of benzene rings is 2. The predicted molar refractivity (Wildman–Crippen MR) is 71.6 cm³/mol. The van der Waals surface area contributed by atoms with Crippen LogP contribution in [0.1, 0.15) is 23.6 Å². The van der Waals surface area contributed by atoms with Crippen molar-refractivity contribution in [3.63, 3.8) is 0 Å². The molecule has 0 saturated carbocycles. The van der Waals surface area contributed by atoms with Crippen LogP contribution in [0.3, 0.4) is 0 Å². The summed E-state index contributed by atoms with van der Waals surface area (Å²) in [6.07, 6.45) is -3.50. The molecule has 0 aliphatic carbocycles. The van der Waals surface area contributed by atoms with Gasteiger partial charge in [0.2, 0.25) is 0 Å². The maximum absolute atomic E-state index is 12.6. The summed E-state index contributed by atoms with van der Waals surface area (Å²) < 4.78 is 43.4. The Morgan fingerprint density at radius 3 is 2.45 bits per heavy atom. The van der Waals surface area contributed by atoms with E-state index in [1.807, 2.05) is 31.2 Å². The molecule has 0 aliphatic heterocycles. The lowest BCUT2D eigenvalue weighted by atomic mass is 10.1. The normalized spacial score (nSPS) is 11.4. The van der Waals surface area contributed by atoms with Crippen molar-refractivity contribution in [2.24, 2.45) is 0 Å². The van der Waals surface area contributed by atoms with E-state index in [-0.39, 0.29) is 6.61 Å². The number of aryl methyl sites for hydroxylation is 1. The summed E-state index contributed by atoms with van der Waals surface area (Å²) in [7, 11) is 0. The van der Waals surface area contributed by atoms with Crippen molar-refractivity contribution in [1.29, 1.82) is 0 Å². The molecule has 0 bridgehead atoms. The number of para-hydroxylation sites is 1. The fourth-order valence-electron chi connectivity index (χ4n) is 1.94. The molecule has 0 radical (unpaired) electrons. The summed E-state index contributed by atoms with van der Waals surface area (Å²) in [6, 6.07) is 12.7. The summed E-state index contributed by atoms with van der Waals surface area (Å²) in [5, 5.41) is 0. The fraction of sp³-hybridized carbons (Fsp3) is 0.250. The Morgan fingerprint density at radius 2 is 1.75 bits per heavy atom. The third kappa shape index (κ3) is 3.53. The van der Waals surface area contributed by atoms with Gasteiger partial charge >= 0.3 is 6.18 Å². The molecule has 0 spiro atoms. The minimum absolute atomic E-state index is 0.126. The van der Waals surface area contributed by atoms with E-state index >= 15 is 0 Å². The topological polar surface area (TPSA) is 9.23 Å². The monoisotopic (exact) mass is 280 g/mol. The second kappa shape index (κ2) is 5.99. The number of hydrogen-bond acceptors (Lipinski definition) is 1. The van der Waals surface area contributed by atoms with Gasteiger partial charge in [0.05, 0.1) is 5.56 Å². The maximum Gasteiger partial charge on any atom is 0.416 e. The van der Waals surface area contributed by atoms with E-state index in [1.54, 1.807) is 6.07 Å². The van der Waals surface area contributed by atoms with Gasteiger partial charge in [-0.2, -0.15) is 13.2 Å². The van der Waals surface area contributed by atoms with Gasteiger partial charge in [-0.1, -0.05) is 37.3 Å². The minimum atomic E-state index is -4.32. The van der Waals surface area contributed by atoms with Gasteiger partial charge in [-0.25, -0.2) is 0 Å². The number of rotatable bonds is 4. The van der Waals surface area contributed by atoms with E-state index < -0.39 is 11.7 Å². The predicted octanol–water partition coefficient (Wildman–Crippen LogP) is 4.85. The van der Waals surface area contributed by atoms with Crippen LogP contribution in [0, 0.1) is 0 Å². The molecule has 0 aliphatic rings. The van der Waals surface area contributed by atoms with Crippen LogP contribution in [0.2, 0.25) is 0 Å². The first kappa shape index (κ1) is 14.4. The van der Waals surface area contributed by atoms with Crippen LogP contribution in [0.4, 0.5) is 13.2 Å². The SMILES string of the molecule is CCc1ccccc1OCc1cccc(C(F)(F)F)c1. The second-order valence-corrected chi connectivity index (χ2v) is 4.45. The molecule has 4 heteroatoms. The quantitative estimate of drug-likeness (QED) is 0.778. The highest BCUT2D eigenvalue weighted by atomic mass is 19.4. The number of ether oxygens (including phenoxy) is 1. The lowest BCUT2D eigenvalue weighted by Gasteiger charge is -2.12. The molecule has 0 saturated heterocycles. The van der Waals surface area contributed by atoms with Crippen LogP contribution in [-0.2, 0) is 19.2 Å². The van der Waals surface area contributed by atoms with Crippen molar-refractivity contribution in [3.8, 4) is 5.75 Å². The van der Waals surface area contributed by atoms with Gasteiger partial charge in [0.15, 0.2) is 0 Å². The molecule has 2 aromatic rings. The van der Waals surface area contributed by atoms with Gasteiger partial charge < -0.3 is 4.74 Å². The fourth-order valence-corrected chi connectivity index (χ4v) is 1.94. The Bertz CT molecular complexity index is 576. The number of halogens is 3. The average molecular weight is 280 g/mol. The molecule has 0 unspecified atom stereocenters. The maximum atomic E-state index is 12.6. The first-order chi connectivity index (χ1) is 9.50. The molecule has 0 aromatic heterocycles. The average Bonchev–Trinajstić information content (AvgIpc) is 2.45. The molecule has 2 rings (SSSR count). The van der Waals surface area contributed by atoms with Gasteiger partial charge in [0.1, 0.15) is 12.4 Å².